The number of nitrogens with zero attached hydrogens (tertiary/aromatic N) is 3. The van der Waals surface area contributed by atoms with Gasteiger partial charge in [-0.25, -0.2) is 4.98 Å². The van der Waals surface area contributed by atoms with E-state index in [0.717, 1.165) is 12.5 Å². The topological polar surface area (TPSA) is 54.8 Å². The number of benzene rings is 1. The average Bonchev–Trinajstić information content (AvgIpc) is 2.96. The number of hydrazone groups is 1. The first-order valence-corrected chi connectivity index (χ1v) is 8.68. The summed E-state index contributed by atoms with van der Waals surface area (Å²) in [5.41, 5.74) is -1.24. The quantitative estimate of drug-likeness (QED) is 0.542. The van der Waals surface area contributed by atoms with Crippen LogP contribution >= 0.6 is 0 Å². The number of ether oxygens (including phenoxy) is 1. The van der Waals surface area contributed by atoms with Crippen molar-refractivity contribution in [3.05, 3.63) is 65.5 Å². The predicted molar refractivity (Wildman–Crippen MR) is 102 cm³/mol. The highest BCUT2D eigenvalue weighted by molar-refractivity contribution is 5.99. The molecular weight excluding hydrogens is 383 g/mol. The van der Waals surface area contributed by atoms with Gasteiger partial charge in [0.15, 0.2) is 11.5 Å². The van der Waals surface area contributed by atoms with Crippen LogP contribution in [0.25, 0.3) is 0 Å². The fraction of sp³-hybridized carbons (Fsp3) is 0.190. The van der Waals surface area contributed by atoms with Crippen molar-refractivity contribution in [2.45, 2.75) is 19.0 Å². The van der Waals surface area contributed by atoms with Crippen LogP contribution in [0.1, 0.15) is 34.5 Å². The molecule has 0 atom stereocenters. The van der Waals surface area contributed by atoms with E-state index in [9.17, 15) is 18.0 Å². The average molecular weight is 399 g/mol. The number of Topliss-reactive ketones (excluding diaryl/α,β-unsaturated/α-hetero) is 1. The molecule has 5 nitrogen and oxygen atoms in total. The summed E-state index contributed by atoms with van der Waals surface area (Å²) < 4.78 is 45.9. The van der Waals surface area contributed by atoms with Crippen LogP contribution in [0.4, 0.5) is 13.2 Å². The molecule has 8 heteroatoms. The highest BCUT2D eigenvalue weighted by Gasteiger charge is 2.38. The second-order valence-electron chi connectivity index (χ2n) is 6.10. The summed E-state index contributed by atoms with van der Waals surface area (Å²) in [7, 11) is 0. The summed E-state index contributed by atoms with van der Waals surface area (Å²) >= 11 is 0. The SMILES string of the molecule is C#Cc1ccc(Oc2ccc(C(=O)CN3C=CCCC=N3)c(C(F)(F)F)n2)cc1. The summed E-state index contributed by atoms with van der Waals surface area (Å²) in [6, 6.07) is 8.51. The number of rotatable bonds is 5. The molecule has 1 aromatic heterocycles. The minimum absolute atomic E-state index is 0.271. The maximum absolute atomic E-state index is 13.5. The number of terminal acetylenes is 1. The zero-order valence-corrected chi connectivity index (χ0v) is 15.2. The van der Waals surface area contributed by atoms with Crippen LogP contribution in [0.3, 0.4) is 0 Å². The number of ketones is 1. The van der Waals surface area contributed by atoms with Gasteiger partial charge in [0, 0.05) is 24.0 Å². The third-order valence-corrected chi connectivity index (χ3v) is 3.96. The van der Waals surface area contributed by atoms with Crippen LogP contribution < -0.4 is 4.74 Å². The molecule has 0 saturated heterocycles. The number of alkyl halides is 3. The molecule has 0 spiro atoms. The Morgan fingerprint density at radius 3 is 2.62 bits per heavy atom. The van der Waals surface area contributed by atoms with E-state index >= 15 is 0 Å². The second-order valence-corrected chi connectivity index (χ2v) is 6.10. The molecule has 2 aromatic rings. The van der Waals surface area contributed by atoms with E-state index in [1.54, 1.807) is 30.6 Å². The summed E-state index contributed by atoms with van der Waals surface area (Å²) in [4.78, 5) is 16.0. The first-order valence-electron chi connectivity index (χ1n) is 8.68. The molecule has 0 bridgehead atoms. The van der Waals surface area contributed by atoms with Crippen molar-refractivity contribution in [2.24, 2.45) is 5.10 Å². The number of aromatic nitrogens is 1. The lowest BCUT2D eigenvalue weighted by Crippen LogP contribution is -2.24. The van der Waals surface area contributed by atoms with Crippen molar-refractivity contribution in [3.8, 4) is 24.0 Å². The standard InChI is InChI=1S/C21H16F3N3O2/c1-2-15-6-8-16(9-7-15)29-19-11-10-17(20(26-19)21(22,23)24)18(28)14-27-13-5-3-4-12-25-27/h1,5-13H,3-4,14H2. The van der Waals surface area contributed by atoms with Crippen molar-refractivity contribution in [1.82, 2.24) is 9.99 Å². The van der Waals surface area contributed by atoms with E-state index in [2.05, 4.69) is 16.0 Å². The Labute approximate surface area is 165 Å². The van der Waals surface area contributed by atoms with Gasteiger partial charge in [-0.05, 0) is 43.2 Å². The normalized spacial score (nSPS) is 13.7. The van der Waals surface area contributed by atoms with Crippen molar-refractivity contribution in [3.63, 3.8) is 0 Å². The summed E-state index contributed by atoms with van der Waals surface area (Å²) in [6.45, 7) is -0.328. The van der Waals surface area contributed by atoms with Gasteiger partial charge in [-0.2, -0.15) is 18.3 Å². The van der Waals surface area contributed by atoms with Gasteiger partial charge in [0.25, 0.3) is 0 Å². The number of carbonyl (C=O) groups is 1. The summed E-state index contributed by atoms with van der Waals surface area (Å²) in [5, 5.41) is 5.33. The Morgan fingerprint density at radius 2 is 1.93 bits per heavy atom. The first kappa shape index (κ1) is 20.1. The van der Waals surface area contributed by atoms with E-state index in [1.165, 1.54) is 23.2 Å². The number of allylic oxidation sites excluding steroid dienone is 1. The molecule has 0 aliphatic carbocycles. The first-order chi connectivity index (χ1) is 13.9. The molecule has 0 amide bonds. The van der Waals surface area contributed by atoms with Crippen LogP contribution in [0.15, 0.2) is 53.8 Å². The van der Waals surface area contributed by atoms with Crippen LogP contribution in [0.5, 0.6) is 11.6 Å². The second kappa shape index (κ2) is 8.61. The molecule has 0 saturated carbocycles. The zero-order chi connectivity index (χ0) is 20.9. The lowest BCUT2D eigenvalue weighted by Gasteiger charge is -2.16. The zero-order valence-electron chi connectivity index (χ0n) is 15.2. The van der Waals surface area contributed by atoms with Crippen LogP contribution in [-0.2, 0) is 6.18 Å². The van der Waals surface area contributed by atoms with Gasteiger partial charge < -0.3 is 4.74 Å². The van der Waals surface area contributed by atoms with Crippen LogP contribution in [-0.4, -0.2) is 28.5 Å². The van der Waals surface area contributed by atoms with E-state index in [1.807, 2.05) is 0 Å². The molecule has 0 radical (unpaired) electrons. The molecule has 1 aliphatic heterocycles. The Hall–Kier alpha value is -3.60. The van der Waals surface area contributed by atoms with Crippen molar-refractivity contribution in [1.29, 1.82) is 0 Å². The Kier molecular flexibility index (Phi) is 5.98. The van der Waals surface area contributed by atoms with E-state index in [4.69, 9.17) is 11.2 Å². The van der Waals surface area contributed by atoms with Gasteiger partial charge in [-0.3, -0.25) is 9.80 Å². The minimum atomic E-state index is -4.82. The monoisotopic (exact) mass is 399 g/mol. The van der Waals surface area contributed by atoms with Crippen molar-refractivity contribution in [2.75, 3.05) is 6.54 Å². The number of hydrogen-bond donors (Lipinski definition) is 0. The molecule has 1 aromatic carbocycles. The minimum Gasteiger partial charge on any atom is -0.439 e. The largest absolute Gasteiger partial charge is 0.439 e. The number of hydrogen-bond acceptors (Lipinski definition) is 5. The Balaban J connectivity index is 1.85. The predicted octanol–water partition coefficient (Wildman–Crippen LogP) is 4.65. The fourth-order valence-corrected chi connectivity index (χ4v) is 2.57. The van der Waals surface area contributed by atoms with Crippen molar-refractivity contribution >= 4 is 12.0 Å². The van der Waals surface area contributed by atoms with Gasteiger partial charge in [0.2, 0.25) is 5.88 Å². The fourth-order valence-electron chi connectivity index (χ4n) is 2.57. The number of carbonyl (C=O) groups excluding carboxylic acids is 1. The Bertz CT molecular complexity index is 976. The van der Waals surface area contributed by atoms with Gasteiger partial charge in [0.1, 0.15) is 12.3 Å². The third kappa shape index (κ3) is 5.23. The molecule has 0 unspecified atom stereocenters. The van der Waals surface area contributed by atoms with E-state index in [-0.39, 0.29) is 18.2 Å². The maximum atomic E-state index is 13.5. The van der Waals surface area contributed by atoms with Crippen LogP contribution in [0, 0.1) is 12.3 Å². The molecule has 2 heterocycles. The van der Waals surface area contributed by atoms with E-state index in [0.29, 0.717) is 12.0 Å². The van der Waals surface area contributed by atoms with E-state index < -0.39 is 23.2 Å². The van der Waals surface area contributed by atoms with Gasteiger partial charge >= 0.3 is 6.18 Å². The van der Waals surface area contributed by atoms with Gasteiger partial charge in [-0.1, -0.05) is 12.0 Å². The summed E-state index contributed by atoms with van der Waals surface area (Å²) in [5.74, 6) is 1.67. The highest BCUT2D eigenvalue weighted by Crippen LogP contribution is 2.33. The molecular formula is C21H16F3N3O2. The highest BCUT2D eigenvalue weighted by atomic mass is 19.4. The number of halogens is 3. The third-order valence-electron chi connectivity index (χ3n) is 3.96. The van der Waals surface area contributed by atoms with Crippen LogP contribution in [0.2, 0.25) is 0 Å². The Morgan fingerprint density at radius 1 is 1.17 bits per heavy atom. The molecule has 3 rings (SSSR count). The number of pyridine rings is 1. The summed E-state index contributed by atoms with van der Waals surface area (Å²) in [6.07, 6.45) is 6.86. The molecule has 29 heavy (non-hydrogen) atoms. The lowest BCUT2D eigenvalue weighted by atomic mass is 10.1. The maximum Gasteiger partial charge on any atom is 0.434 e. The van der Waals surface area contributed by atoms with Gasteiger partial charge in [-0.15, -0.1) is 6.42 Å². The lowest BCUT2D eigenvalue weighted by molar-refractivity contribution is -0.141. The molecule has 1 aliphatic rings. The van der Waals surface area contributed by atoms with Gasteiger partial charge in [0.05, 0.1) is 5.56 Å². The molecule has 148 valence electrons. The molecule has 0 N–H and O–H groups in total. The van der Waals surface area contributed by atoms with Crippen molar-refractivity contribution < 1.29 is 22.7 Å². The molecule has 0 fully saturated rings. The smallest absolute Gasteiger partial charge is 0.434 e.